The zero-order valence-electron chi connectivity index (χ0n) is 21.8. The van der Waals surface area contributed by atoms with E-state index in [0.29, 0.717) is 45.1 Å². The van der Waals surface area contributed by atoms with Crippen LogP contribution in [-0.2, 0) is 9.53 Å². The second-order valence-electron chi connectivity index (χ2n) is 9.00. The summed E-state index contributed by atoms with van der Waals surface area (Å²) in [5.41, 5.74) is 2.90. The van der Waals surface area contributed by atoms with E-state index in [4.69, 9.17) is 18.3 Å². The molecular formula is C25H26N6O3. The number of hydrogen-bond acceptors (Lipinski definition) is 8. The Labute approximate surface area is 200 Å². The minimum Gasteiger partial charge on any atom is -0.436 e. The molecule has 2 atom stereocenters. The molecule has 4 aromatic rings. The Balaban J connectivity index is 1.40. The van der Waals surface area contributed by atoms with E-state index in [1.807, 2.05) is 25.1 Å². The van der Waals surface area contributed by atoms with Gasteiger partial charge < -0.3 is 24.7 Å². The standard InChI is InChI=1S/C25H26N6O3/c1-13-6-16(13)24(32)30-22-8-17-18(9-27-22)23(26-2)28-10-19(17)25-29-20-7-14(4-5-21(20)34-25)31-11-15(12-31)33-3/h4-5,7-10,13,15-16H,6,11-12H2,1-3H3,(H,26,28)(H,27,30,32)/i2D3. The minimum absolute atomic E-state index is 0.0148. The van der Waals surface area contributed by atoms with Gasteiger partial charge in [-0.05, 0) is 36.6 Å². The van der Waals surface area contributed by atoms with Gasteiger partial charge in [0, 0.05) is 66.1 Å². The Kier molecular flexibility index (Phi) is 4.14. The molecule has 2 N–H and O–H groups in total. The fourth-order valence-electron chi connectivity index (χ4n) is 4.41. The molecule has 2 unspecified atom stereocenters. The quantitative estimate of drug-likeness (QED) is 0.445. The van der Waals surface area contributed by atoms with Gasteiger partial charge in [0.1, 0.15) is 17.2 Å². The van der Waals surface area contributed by atoms with Crippen molar-refractivity contribution in [2.24, 2.45) is 11.8 Å². The lowest BCUT2D eigenvalue weighted by Crippen LogP contribution is -2.51. The molecule has 9 heteroatoms. The molecule has 4 heterocycles. The fourth-order valence-corrected chi connectivity index (χ4v) is 4.41. The first-order valence-electron chi connectivity index (χ1n) is 12.7. The van der Waals surface area contributed by atoms with Crippen molar-refractivity contribution in [3.05, 3.63) is 36.7 Å². The van der Waals surface area contributed by atoms with E-state index in [1.165, 1.54) is 12.4 Å². The highest BCUT2D eigenvalue weighted by Gasteiger charge is 2.39. The second-order valence-corrected chi connectivity index (χ2v) is 9.00. The van der Waals surface area contributed by atoms with Crippen molar-refractivity contribution in [1.82, 2.24) is 15.0 Å². The average molecular weight is 462 g/mol. The van der Waals surface area contributed by atoms with Crippen LogP contribution in [0, 0.1) is 11.8 Å². The third kappa shape index (κ3) is 3.52. The smallest absolute Gasteiger partial charge is 0.229 e. The molecule has 1 amide bonds. The van der Waals surface area contributed by atoms with Crippen molar-refractivity contribution in [2.45, 2.75) is 19.4 Å². The van der Waals surface area contributed by atoms with E-state index in [9.17, 15) is 4.79 Å². The van der Waals surface area contributed by atoms with Crippen LogP contribution < -0.4 is 15.5 Å². The number of fused-ring (bicyclic) bond motifs is 2. The number of oxazole rings is 1. The Hall–Kier alpha value is -3.72. The number of benzene rings is 1. The molecule has 1 aliphatic heterocycles. The van der Waals surface area contributed by atoms with Crippen LogP contribution in [0.15, 0.2) is 41.1 Å². The summed E-state index contributed by atoms with van der Waals surface area (Å²) in [6.07, 6.45) is 4.11. The van der Waals surface area contributed by atoms with Crippen LogP contribution in [-0.4, -0.2) is 54.1 Å². The molecule has 0 radical (unpaired) electrons. The number of methoxy groups -OCH3 is 1. The summed E-state index contributed by atoms with van der Waals surface area (Å²) in [4.78, 5) is 28.1. The molecule has 6 rings (SSSR count). The van der Waals surface area contributed by atoms with Gasteiger partial charge in [-0.2, -0.15) is 0 Å². The Morgan fingerprint density at radius 1 is 1.24 bits per heavy atom. The van der Waals surface area contributed by atoms with Gasteiger partial charge in [0.25, 0.3) is 0 Å². The summed E-state index contributed by atoms with van der Waals surface area (Å²) in [5, 5.41) is 6.41. The minimum atomic E-state index is -2.44. The Morgan fingerprint density at radius 3 is 2.85 bits per heavy atom. The van der Waals surface area contributed by atoms with Gasteiger partial charge in [-0.1, -0.05) is 6.92 Å². The number of nitrogens with zero attached hydrogens (tertiary/aromatic N) is 4. The first-order chi connectivity index (χ1) is 17.7. The third-order valence-corrected chi connectivity index (χ3v) is 6.74. The fraction of sp³-hybridized carbons (Fsp3) is 0.360. The molecule has 174 valence electrons. The van der Waals surface area contributed by atoms with Gasteiger partial charge in [-0.15, -0.1) is 0 Å². The van der Waals surface area contributed by atoms with Crippen LogP contribution in [0.5, 0.6) is 0 Å². The molecule has 1 aromatic carbocycles. The zero-order valence-corrected chi connectivity index (χ0v) is 18.8. The Bertz CT molecular complexity index is 1520. The van der Waals surface area contributed by atoms with Crippen molar-refractivity contribution in [1.29, 1.82) is 0 Å². The third-order valence-electron chi connectivity index (χ3n) is 6.74. The SMILES string of the molecule is [2H]C([2H])([2H])Nc1ncc(-c2nc3cc(N4CC(OC)C4)ccc3o2)c2cc(NC(=O)C3CC3C)ncc12. The molecule has 34 heavy (non-hydrogen) atoms. The average Bonchev–Trinajstić information content (AvgIpc) is 3.40. The van der Waals surface area contributed by atoms with Crippen LogP contribution in [0.1, 0.15) is 17.5 Å². The molecule has 2 aliphatic rings. The number of nitrogens with one attached hydrogen (secondary N) is 2. The lowest BCUT2D eigenvalue weighted by atomic mass is 10.1. The molecule has 1 aliphatic carbocycles. The molecule has 0 spiro atoms. The predicted molar refractivity (Wildman–Crippen MR) is 131 cm³/mol. The molecule has 1 saturated heterocycles. The topological polar surface area (TPSA) is 105 Å². The number of aromatic nitrogens is 3. The van der Waals surface area contributed by atoms with Gasteiger partial charge in [0.05, 0.1) is 11.7 Å². The van der Waals surface area contributed by atoms with E-state index < -0.39 is 6.98 Å². The van der Waals surface area contributed by atoms with Crippen LogP contribution in [0.3, 0.4) is 0 Å². The molecular weight excluding hydrogens is 432 g/mol. The van der Waals surface area contributed by atoms with Crippen molar-refractivity contribution in [2.75, 3.05) is 42.7 Å². The highest BCUT2D eigenvalue weighted by molar-refractivity contribution is 6.03. The number of hydrogen-bond donors (Lipinski definition) is 2. The van der Waals surface area contributed by atoms with Crippen molar-refractivity contribution in [3.63, 3.8) is 0 Å². The molecule has 9 nitrogen and oxygen atoms in total. The monoisotopic (exact) mass is 461 g/mol. The lowest BCUT2D eigenvalue weighted by Gasteiger charge is -2.39. The maximum absolute atomic E-state index is 12.5. The number of rotatable bonds is 6. The van der Waals surface area contributed by atoms with Gasteiger partial charge in [0.15, 0.2) is 5.58 Å². The summed E-state index contributed by atoms with van der Waals surface area (Å²) >= 11 is 0. The highest BCUT2D eigenvalue weighted by atomic mass is 16.5. The van der Waals surface area contributed by atoms with Crippen LogP contribution in [0.4, 0.5) is 17.3 Å². The molecule has 1 saturated carbocycles. The van der Waals surface area contributed by atoms with Crippen molar-refractivity contribution in [3.8, 4) is 11.5 Å². The molecule has 3 aromatic heterocycles. The van der Waals surface area contributed by atoms with E-state index in [2.05, 4.69) is 25.5 Å². The lowest BCUT2D eigenvalue weighted by molar-refractivity contribution is -0.117. The van der Waals surface area contributed by atoms with E-state index in [0.717, 1.165) is 25.2 Å². The summed E-state index contributed by atoms with van der Waals surface area (Å²) in [6, 6.07) is 7.54. The Morgan fingerprint density at radius 2 is 2.09 bits per heavy atom. The van der Waals surface area contributed by atoms with Gasteiger partial charge in [-0.3, -0.25) is 4.79 Å². The van der Waals surface area contributed by atoms with E-state index in [-0.39, 0.29) is 23.7 Å². The highest BCUT2D eigenvalue weighted by Crippen LogP contribution is 2.39. The van der Waals surface area contributed by atoms with Crippen molar-refractivity contribution >= 4 is 45.1 Å². The summed E-state index contributed by atoms with van der Waals surface area (Å²) < 4.78 is 34.3. The van der Waals surface area contributed by atoms with Crippen LogP contribution in [0.2, 0.25) is 0 Å². The van der Waals surface area contributed by atoms with E-state index >= 15 is 0 Å². The zero-order chi connectivity index (χ0) is 25.9. The number of carbonyl (C=O) groups is 1. The molecule has 0 bridgehead atoms. The summed E-state index contributed by atoms with van der Waals surface area (Å²) in [5.74, 6) is 1.13. The van der Waals surface area contributed by atoms with Gasteiger partial charge in [-0.25, -0.2) is 15.0 Å². The first kappa shape index (κ1) is 17.7. The van der Waals surface area contributed by atoms with Crippen LogP contribution >= 0.6 is 0 Å². The molecule has 2 fully saturated rings. The van der Waals surface area contributed by atoms with Crippen LogP contribution in [0.25, 0.3) is 33.3 Å². The number of ether oxygens (including phenoxy) is 1. The number of carbonyl (C=O) groups excluding carboxylic acids is 1. The maximum Gasteiger partial charge on any atom is 0.229 e. The number of pyridine rings is 2. The maximum atomic E-state index is 12.5. The normalized spacial score (nSPS) is 21.6. The van der Waals surface area contributed by atoms with Crippen molar-refractivity contribution < 1.29 is 18.1 Å². The first-order valence-corrected chi connectivity index (χ1v) is 11.2. The number of amides is 1. The summed E-state index contributed by atoms with van der Waals surface area (Å²) in [6.45, 7) is 1.23. The van der Waals surface area contributed by atoms with Gasteiger partial charge >= 0.3 is 0 Å². The van der Waals surface area contributed by atoms with E-state index in [1.54, 1.807) is 13.2 Å². The predicted octanol–water partition coefficient (Wildman–Crippen LogP) is 3.91. The number of anilines is 3. The second kappa shape index (κ2) is 7.95. The largest absolute Gasteiger partial charge is 0.436 e. The van der Waals surface area contributed by atoms with Gasteiger partial charge in [0.2, 0.25) is 11.8 Å². The summed E-state index contributed by atoms with van der Waals surface area (Å²) in [7, 11) is 1.71.